The molecule has 3 N–H and O–H groups in total. The van der Waals surface area contributed by atoms with Crippen molar-refractivity contribution in [3.8, 4) is 0 Å². The van der Waals surface area contributed by atoms with E-state index in [1.165, 1.54) is 6.07 Å². The molecule has 2 aromatic rings. The number of halogens is 2. The van der Waals surface area contributed by atoms with Gasteiger partial charge >= 0.3 is 0 Å². The van der Waals surface area contributed by atoms with Gasteiger partial charge in [0, 0.05) is 14.6 Å². The molecule has 112 valence electrons. The van der Waals surface area contributed by atoms with E-state index in [9.17, 15) is 8.42 Å². The number of hydrogen-bond acceptors (Lipinski definition) is 4. The van der Waals surface area contributed by atoms with Gasteiger partial charge in [0.05, 0.1) is 10.6 Å². The summed E-state index contributed by atoms with van der Waals surface area (Å²) in [5.41, 5.74) is 7.42. The molecule has 0 saturated carbocycles. The van der Waals surface area contributed by atoms with Crippen LogP contribution in [0.1, 0.15) is 11.3 Å². The minimum atomic E-state index is -3.74. The highest BCUT2D eigenvalue weighted by atomic mass is 79.9. The van der Waals surface area contributed by atoms with Gasteiger partial charge in [0.2, 0.25) is 0 Å². The molecular weight excluding hydrogens is 422 g/mol. The van der Waals surface area contributed by atoms with Gasteiger partial charge in [-0.2, -0.15) is 0 Å². The summed E-state index contributed by atoms with van der Waals surface area (Å²) in [6.45, 7) is 3.49. The predicted octanol–water partition coefficient (Wildman–Crippen LogP) is 3.61. The first kappa shape index (κ1) is 16.3. The first-order valence-corrected chi connectivity index (χ1v) is 8.99. The van der Waals surface area contributed by atoms with Crippen molar-refractivity contribution in [1.29, 1.82) is 0 Å². The van der Waals surface area contributed by atoms with E-state index in [0.29, 0.717) is 21.4 Å². The maximum absolute atomic E-state index is 12.4. The Balaban J connectivity index is 2.43. The van der Waals surface area contributed by atoms with Gasteiger partial charge in [-0.15, -0.1) is 0 Å². The van der Waals surface area contributed by atoms with Crippen LogP contribution in [0.2, 0.25) is 0 Å². The van der Waals surface area contributed by atoms with Crippen molar-refractivity contribution in [1.82, 2.24) is 4.98 Å². The average Bonchev–Trinajstić information content (AvgIpc) is 2.37. The fourth-order valence-electron chi connectivity index (χ4n) is 1.75. The monoisotopic (exact) mass is 433 g/mol. The quantitative estimate of drug-likeness (QED) is 0.722. The SMILES string of the molecule is Cc1cc(Br)c(N)cc1S(=O)(=O)Nc1ccc(Br)c(C)n1. The summed E-state index contributed by atoms with van der Waals surface area (Å²) < 4.78 is 28.8. The first-order chi connectivity index (χ1) is 9.70. The summed E-state index contributed by atoms with van der Waals surface area (Å²) in [4.78, 5) is 4.31. The Hall–Kier alpha value is -1.12. The molecule has 5 nitrogen and oxygen atoms in total. The number of sulfonamides is 1. The molecule has 0 aliphatic heterocycles. The minimum absolute atomic E-state index is 0.130. The average molecular weight is 435 g/mol. The Bertz CT molecular complexity index is 807. The lowest BCUT2D eigenvalue weighted by atomic mass is 10.2. The number of pyridine rings is 1. The molecule has 0 aliphatic carbocycles. The van der Waals surface area contributed by atoms with Crippen molar-refractivity contribution < 1.29 is 8.42 Å². The standard InChI is InChI=1S/C13H13Br2N3O2S/c1-7-5-10(15)11(16)6-12(7)21(19,20)18-13-4-3-9(14)8(2)17-13/h3-6H,16H2,1-2H3,(H,17,18). The highest BCUT2D eigenvalue weighted by molar-refractivity contribution is 9.10. The molecule has 0 radical (unpaired) electrons. The fourth-order valence-corrected chi connectivity index (χ4v) is 3.69. The molecule has 1 aromatic carbocycles. The zero-order chi connectivity index (χ0) is 15.8. The molecule has 0 amide bonds. The molecule has 2 rings (SSSR count). The van der Waals surface area contributed by atoms with Gasteiger partial charge in [0.15, 0.2) is 0 Å². The molecular formula is C13H13Br2N3O2S. The summed E-state index contributed by atoms with van der Waals surface area (Å²) >= 11 is 6.60. The number of aryl methyl sites for hydroxylation is 2. The van der Waals surface area contributed by atoms with Crippen LogP contribution in [0.4, 0.5) is 11.5 Å². The van der Waals surface area contributed by atoms with Gasteiger partial charge < -0.3 is 5.73 Å². The smallest absolute Gasteiger partial charge is 0.263 e. The van der Waals surface area contributed by atoms with Crippen molar-refractivity contribution in [2.24, 2.45) is 0 Å². The van der Waals surface area contributed by atoms with E-state index in [0.717, 1.165) is 4.47 Å². The molecule has 8 heteroatoms. The molecule has 0 saturated heterocycles. The molecule has 0 unspecified atom stereocenters. The molecule has 0 bridgehead atoms. The Kier molecular flexibility index (Phi) is 4.60. The first-order valence-electron chi connectivity index (χ1n) is 5.92. The lowest BCUT2D eigenvalue weighted by molar-refractivity contribution is 0.600. The van der Waals surface area contributed by atoms with Crippen LogP contribution in [0, 0.1) is 13.8 Å². The number of nitrogens with zero attached hydrogens (tertiary/aromatic N) is 1. The Morgan fingerprint density at radius 1 is 1.14 bits per heavy atom. The zero-order valence-corrected chi connectivity index (χ0v) is 15.3. The maximum atomic E-state index is 12.4. The molecule has 0 fully saturated rings. The maximum Gasteiger partial charge on any atom is 0.263 e. The second-order valence-electron chi connectivity index (χ2n) is 4.51. The van der Waals surface area contributed by atoms with Crippen molar-refractivity contribution in [2.75, 3.05) is 10.5 Å². The van der Waals surface area contributed by atoms with Crippen LogP contribution in [0.25, 0.3) is 0 Å². The highest BCUT2D eigenvalue weighted by Crippen LogP contribution is 2.28. The van der Waals surface area contributed by atoms with Crippen molar-refractivity contribution in [3.05, 3.63) is 44.5 Å². The summed E-state index contributed by atoms with van der Waals surface area (Å²) in [5, 5.41) is 0. The molecule has 1 heterocycles. The van der Waals surface area contributed by atoms with Gasteiger partial charge in [-0.1, -0.05) is 0 Å². The number of nitrogen functional groups attached to an aromatic ring is 1. The Morgan fingerprint density at radius 3 is 2.43 bits per heavy atom. The molecule has 0 aliphatic rings. The van der Waals surface area contributed by atoms with E-state index in [1.807, 2.05) is 0 Å². The molecule has 0 atom stereocenters. The molecule has 0 spiro atoms. The van der Waals surface area contributed by atoms with E-state index in [2.05, 4.69) is 41.6 Å². The van der Waals surface area contributed by atoms with Crippen LogP contribution in [0.3, 0.4) is 0 Å². The number of benzene rings is 1. The molecule has 21 heavy (non-hydrogen) atoms. The third kappa shape index (κ3) is 3.56. The fraction of sp³-hybridized carbons (Fsp3) is 0.154. The van der Waals surface area contributed by atoms with Crippen LogP contribution in [-0.4, -0.2) is 13.4 Å². The third-order valence-corrected chi connectivity index (χ3v) is 5.87. The van der Waals surface area contributed by atoms with Crippen LogP contribution >= 0.6 is 31.9 Å². The third-order valence-electron chi connectivity index (χ3n) is 2.84. The lowest BCUT2D eigenvalue weighted by Gasteiger charge is -2.12. The number of nitrogens with one attached hydrogen (secondary N) is 1. The van der Waals surface area contributed by atoms with Crippen LogP contribution in [-0.2, 0) is 10.0 Å². The minimum Gasteiger partial charge on any atom is -0.398 e. The van der Waals surface area contributed by atoms with E-state index < -0.39 is 10.0 Å². The van der Waals surface area contributed by atoms with Crippen LogP contribution < -0.4 is 10.5 Å². The second-order valence-corrected chi connectivity index (χ2v) is 7.87. The van der Waals surface area contributed by atoms with E-state index >= 15 is 0 Å². The largest absolute Gasteiger partial charge is 0.398 e. The van der Waals surface area contributed by atoms with Crippen molar-refractivity contribution in [2.45, 2.75) is 18.7 Å². The van der Waals surface area contributed by atoms with Crippen molar-refractivity contribution in [3.63, 3.8) is 0 Å². The predicted molar refractivity (Wildman–Crippen MR) is 90.8 cm³/mol. The number of rotatable bonds is 3. The summed E-state index contributed by atoms with van der Waals surface area (Å²) in [5.74, 6) is 0.261. The number of hydrogen-bond donors (Lipinski definition) is 2. The van der Waals surface area contributed by atoms with Gasteiger partial charge in [-0.25, -0.2) is 13.4 Å². The summed E-state index contributed by atoms with van der Waals surface area (Å²) in [6.07, 6.45) is 0. The van der Waals surface area contributed by atoms with Crippen molar-refractivity contribution >= 4 is 53.4 Å². The molecule has 1 aromatic heterocycles. The zero-order valence-electron chi connectivity index (χ0n) is 11.3. The van der Waals surface area contributed by atoms with Gasteiger partial charge in [0.25, 0.3) is 10.0 Å². The topological polar surface area (TPSA) is 85.1 Å². The lowest BCUT2D eigenvalue weighted by Crippen LogP contribution is -2.16. The van der Waals surface area contributed by atoms with Crippen LogP contribution in [0.5, 0.6) is 0 Å². The summed E-state index contributed by atoms with van der Waals surface area (Å²) in [6, 6.07) is 6.42. The van der Waals surface area contributed by atoms with Gasteiger partial charge in [0.1, 0.15) is 5.82 Å². The number of anilines is 2. The van der Waals surface area contributed by atoms with Gasteiger partial charge in [-0.3, -0.25) is 4.72 Å². The van der Waals surface area contributed by atoms with E-state index in [-0.39, 0.29) is 10.7 Å². The van der Waals surface area contributed by atoms with Gasteiger partial charge in [-0.05, 0) is 75.5 Å². The number of nitrogens with two attached hydrogens (primary N) is 1. The number of aromatic nitrogens is 1. The van der Waals surface area contributed by atoms with E-state index in [1.54, 1.807) is 32.0 Å². The summed E-state index contributed by atoms with van der Waals surface area (Å²) in [7, 11) is -3.74. The Labute approximate surface area is 140 Å². The van der Waals surface area contributed by atoms with E-state index in [4.69, 9.17) is 5.73 Å². The highest BCUT2D eigenvalue weighted by Gasteiger charge is 2.19. The normalized spacial score (nSPS) is 11.4. The van der Waals surface area contributed by atoms with Crippen LogP contribution in [0.15, 0.2) is 38.1 Å². The Morgan fingerprint density at radius 2 is 1.81 bits per heavy atom. The second kappa shape index (κ2) is 5.94.